The molecule has 2 aliphatic rings. The maximum absolute atomic E-state index is 15.3. The minimum atomic E-state index is -1.79. The lowest BCUT2D eigenvalue weighted by molar-refractivity contribution is 0.0278. The summed E-state index contributed by atoms with van der Waals surface area (Å²) in [5.74, 6) is -6.32. The number of aromatic nitrogens is 1. The Morgan fingerprint density at radius 3 is 2.41 bits per heavy atom. The third-order valence-corrected chi connectivity index (χ3v) is 8.80. The molecule has 1 heterocycles. The van der Waals surface area contributed by atoms with Crippen LogP contribution in [0.15, 0.2) is 35.3 Å². The van der Waals surface area contributed by atoms with E-state index in [9.17, 15) is 22.8 Å². The van der Waals surface area contributed by atoms with Crippen LogP contribution >= 0.6 is 0 Å². The molecule has 2 saturated carbocycles. The van der Waals surface area contributed by atoms with Gasteiger partial charge in [-0.15, -0.1) is 0 Å². The van der Waals surface area contributed by atoms with E-state index in [2.05, 4.69) is 20.8 Å². The van der Waals surface area contributed by atoms with Gasteiger partial charge < -0.3 is 14.0 Å². The van der Waals surface area contributed by atoms with Crippen LogP contribution in [0.4, 0.5) is 17.6 Å². The fraction of sp³-hybridized carbons (Fsp3) is 0.429. The fourth-order valence-corrected chi connectivity index (χ4v) is 6.15. The molecule has 3 atom stereocenters. The molecule has 2 aromatic carbocycles. The lowest BCUT2D eigenvalue weighted by Gasteiger charge is -2.38. The molecule has 0 unspecified atom stereocenters. The van der Waals surface area contributed by atoms with E-state index in [1.165, 1.54) is 19.1 Å². The van der Waals surface area contributed by atoms with Gasteiger partial charge in [-0.2, -0.15) is 0 Å². The summed E-state index contributed by atoms with van der Waals surface area (Å²) >= 11 is 0. The highest BCUT2D eigenvalue weighted by molar-refractivity contribution is 5.94. The van der Waals surface area contributed by atoms with Gasteiger partial charge in [0.15, 0.2) is 29.0 Å². The van der Waals surface area contributed by atoms with Gasteiger partial charge >= 0.3 is 5.97 Å². The van der Waals surface area contributed by atoms with Gasteiger partial charge in [0, 0.05) is 23.4 Å². The van der Waals surface area contributed by atoms with E-state index in [4.69, 9.17) is 9.47 Å². The molecule has 1 aromatic heterocycles. The Morgan fingerprint density at radius 1 is 1.08 bits per heavy atom. The quantitative estimate of drug-likeness (QED) is 0.226. The van der Waals surface area contributed by atoms with Crippen LogP contribution in [0, 0.1) is 40.0 Å². The molecule has 196 valence electrons. The van der Waals surface area contributed by atoms with Crippen molar-refractivity contribution < 1.29 is 31.8 Å². The molecule has 0 amide bonds. The maximum atomic E-state index is 15.3. The highest BCUT2D eigenvalue weighted by Crippen LogP contribution is 2.66. The summed E-state index contributed by atoms with van der Waals surface area (Å²) in [4.78, 5) is 25.2. The number of nitrogens with zero attached hydrogens (tertiary/aromatic N) is 1. The Morgan fingerprint density at radius 2 is 1.81 bits per heavy atom. The molecule has 0 saturated heterocycles. The zero-order valence-electron chi connectivity index (χ0n) is 21.0. The second-order valence-electron chi connectivity index (χ2n) is 10.7. The van der Waals surface area contributed by atoms with Gasteiger partial charge in [0.05, 0.1) is 17.5 Å². The van der Waals surface area contributed by atoms with Gasteiger partial charge in [-0.25, -0.2) is 22.4 Å². The number of benzene rings is 2. The lowest BCUT2D eigenvalue weighted by Crippen LogP contribution is -2.39. The number of carbonyl (C=O) groups is 1. The molecular weight excluding hydrogens is 490 g/mol. The summed E-state index contributed by atoms with van der Waals surface area (Å²) in [6.07, 6.45) is 3.66. The van der Waals surface area contributed by atoms with Crippen molar-refractivity contribution >= 4 is 16.9 Å². The van der Waals surface area contributed by atoms with E-state index in [-0.39, 0.29) is 35.0 Å². The Kier molecular flexibility index (Phi) is 5.88. The molecule has 5 rings (SSSR count). The summed E-state index contributed by atoms with van der Waals surface area (Å²) in [7, 11) is 0. The monoisotopic (exact) mass is 517 g/mol. The third-order valence-electron chi connectivity index (χ3n) is 8.80. The van der Waals surface area contributed by atoms with Gasteiger partial charge in [0.25, 0.3) is 0 Å². The van der Waals surface area contributed by atoms with Crippen LogP contribution < -0.4 is 10.2 Å². The molecule has 3 aromatic rings. The average molecular weight is 518 g/mol. The first-order valence-corrected chi connectivity index (χ1v) is 12.3. The molecule has 0 spiro atoms. The average Bonchev–Trinajstić information content (AvgIpc) is 3.18. The SMILES string of the molecule is CCOC(=O)c1cn(-c2ccc(O[C@@H]3C[C@@H]4CC[C@@]3(C)C4(C)C)c(F)c2)c2c(F)c(F)c(F)cc2c1=O. The van der Waals surface area contributed by atoms with Gasteiger partial charge in [-0.1, -0.05) is 20.8 Å². The second-order valence-corrected chi connectivity index (χ2v) is 10.7. The van der Waals surface area contributed by atoms with Gasteiger partial charge in [-0.05, 0) is 55.7 Å². The van der Waals surface area contributed by atoms with E-state index in [1.807, 2.05) is 0 Å². The van der Waals surface area contributed by atoms with Crippen LogP contribution in [0.1, 0.15) is 57.3 Å². The van der Waals surface area contributed by atoms with Crippen LogP contribution in [0.2, 0.25) is 0 Å². The number of rotatable bonds is 5. The molecule has 0 radical (unpaired) electrons. The standard InChI is InChI=1S/C28H27F4NO4/c1-5-36-26(35)17-13-33(24-16(25(17)34)12-19(30)22(31)23(24)32)15-6-7-20(18(29)11-15)37-21-10-14-8-9-28(21,4)27(14,2)3/h6-7,11-14,21H,5,8-10H2,1-4H3/t14-,21+,28+/m0/s1. The maximum Gasteiger partial charge on any atom is 0.343 e. The number of pyridine rings is 1. The predicted molar refractivity (Wildman–Crippen MR) is 129 cm³/mol. The van der Waals surface area contributed by atoms with Gasteiger partial charge in [0.2, 0.25) is 5.43 Å². The number of esters is 1. The van der Waals surface area contributed by atoms with Crippen molar-refractivity contribution in [3.05, 3.63) is 69.5 Å². The Bertz CT molecular complexity index is 1500. The van der Waals surface area contributed by atoms with E-state index in [1.54, 1.807) is 0 Å². The minimum absolute atomic E-state index is 0.00647. The number of carbonyl (C=O) groups excluding carboxylic acids is 1. The predicted octanol–water partition coefficient (Wildman–Crippen LogP) is 6.32. The first kappa shape index (κ1) is 25.3. The Labute approximate surface area is 211 Å². The van der Waals surface area contributed by atoms with Crippen molar-refractivity contribution in [2.75, 3.05) is 6.61 Å². The van der Waals surface area contributed by atoms with Gasteiger partial charge in [0.1, 0.15) is 11.7 Å². The van der Waals surface area contributed by atoms with E-state index < -0.39 is 51.1 Å². The molecule has 9 heteroatoms. The highest BCUT2D eigenvalue weighted by atomic mass is 19.2. The van der Waals surface area contributed by atoms with Crippen molar-refractivity contribution in [3.63, 3.8) is 0 Å². The van der Waals surface area contributed by atoms with E-state index >= 15 is 4.39 Å². The van der Waals surface area contributed by atoms with Gasteiger partial charge in [-0.3, -0.25) is 4.79 Å². The second kappa shape index (κ2) is 8.60. The summed E-state index contributed by atoms with van der Waals surface area (Å²) in [6, 6.07) is 4.33. The van der Waals surface area contributed by atoms with Crippen molar-refractivity contribution in [2.24, 2.45) is 16.7 Å². The van der Waals surface area contributed by atoms with Crippen LogP contribution in [0.5, 0.6) is 5.75 Å². The first-order chi connectivity index (χ1) is 17.4. The molecule has 0 aliphatic heterocycles. The van der Waals surface area contributed by atoms with Crippen LogP contribution in [0.3, 0.4) is 0 Å². The summed E-state index contributed by atoms with van der Waals surface area (Å²) in [5.41, 5.74) is -2.27. The zero-order chi connectivity index (χ0) is 26.9. The molecule has 5 nitrogen and oxygen atoms in total. The number of fused-ring (bicyclic) bond motifs is 3. The van der Waals surface area contributed by atoms with Crippen molar-refractivity contribution in [3.8, 4) is 11.4 Å². The topological polar surface area (TPSA) is 57.5 Å². The number of hydrogen-bond acceptors (Lipinski definition) is 4. The van der Waals surface area contributed by atoms with E-state index in [0.717, 1.165) is 36.1 Å². The smallest absolute Gasteiger partial charge is 0.343 e. The van der Waals surface area contributed by atoms with Crippen molar-refractivity contribution in [1.29, 1.82) is 0 Å². The largest absolute Gasteiger partial charge is 0.487 e. The Hall–Kier alpha value is -3.36. The molecule has 0 N–H and O–H groups in total. The summed E-state index contributed by atoms with van der Waals surface area (Å²) in [6.45, 7) is 8.06. The number of halogens is 4. The third kappa shape index (κ3) is 3.65. The molecular formula is C28H27F4NO4. The molecule has 2 fully saturated rings. The molecule has 2 bridgehead atoms. The minimum Gasteiger partial charge on any atom is -0.487 e. The van der Waals surface area contributed by atoms with Crippen LogP contribution in [-0.4, -0.2) is 23.2 Å². The first-order valence-electron chi connectivity index (χ1n) is 12.3. The number of ether oxygens (including phenoxy) is 2. The van der Waals surface area contributed by atoms with Crippen LogP contribution in [0.25, 0.3) is 16.6 Å². The zero-order valence-corrected chi connectivity index (χ0v) is 21.0. The number of hydrogen-bond donors (Lipinski definition) is 0. The van der Waals surface area contributed by atoms with E-state index in [0.29, 0.717) is 12.0 Å². The Balaban J connectivity index is 1.61. The lowest BCUT2D eigenvalue weighted by atomic mass is 9.70. The van der Waals surface area contributed by atoms with Crippen molar-refractivity contribution in [1.82, 2.24) is 4.57 Å². The summed E-state index contributed by atoms with van der Waals surface area (Å²) < 4.78 is 70.4. The molecule has 37 heavy (non-hydrogen) atoms. The fourth-order valence-electron chi connectivity index (χ4n) is 6.15. The molecule has 2 aliphatic carbocycles. The van der Waals surface area contributed by atoms with Crippen LogP contribution in [-0.2, 0) is 4.74 Å². The normalized spacial score (nSPS) is 24.0. The highest BCUT2D eigenvalue weighted by Gasteiger charge is 2.62. The summed E-state index contributed by atoms with van der Waals surface area (Å²) in [5, 5.41) is -0.583. The van der Waals surface area contributed by atoms with Crippen molar-refractivity contribution in [2.45, 2.75) is 53.1 Å².